The minimum absolute atomic E-state index is 0.0719. The van der Waals surface area contributed by atoms with Crippen LogP contribution in [0.4, 0.5) is 4.79 Å². The fourth-order valence-electron chi connectivity index (χ4n) is 4.86. The van der Waals surface area contributed by atoms with E-state index in [0.717, 1.165) is 57.1 Å². The van der Waals surface area contributed by atoms with Crippen molar-refractivity contribution in [2.45, 2.75) is 25.7 Å². The molecule has 0 bridgehead atoms. The van der Waals surface area contributed by atoms with Crippen LogP contribution >= 0.6 is 11.3 Å². The summed E-state index contributed by atoms with van der Waals surface area (Å²) in [6.07, 6.45) is 1.01. The van der Waals surface area contributed by atoms with Crippen LogP contribution < -0.4 is 10.3 Å². The third-order valence-corrected chi connectivity index (χ3v) is 7.36. The molecule has 32 heavy (non-hydrogen) atoms. The standard InChI is InChI=1S/C25H24N2O4S/c1-14-12-19(31-2)20(21-18-9-11-32-23(18)24(28)26-22(14)21)16-7-5-15(6-8-16)17-4-3-10-27(13-17)25(29)30/h5-9,11-12,17H,3-4,10,13H2,1-2H3,(H,26,28)(H,29,30). The predicted octanol–water partition coefficient (Wildman–Crippen LogP) is 5.58. The largest absolute Gasteiger partial charge is 0.496 e. The molecule has 1 amide bonds. The molecule has 0 radical (unpaired) electrons. The van der Waals surface area contributed by atoms with E-state index in [4.69, 9.17) is 4.74 Å². The molecule has 0 saturated carbocycles. The molecule has 2 aromatic carbocycles. The van der Waals surface area contributed by atoms with Crippen molar-refractivity contribution in [3.8, 4) is 16.9 Å². The number of carbonyl (C=O) groups is 1. The van der Waals surface area contributed by atoms with Gasteiger partial charge in [0.05, 0.1) is 12.6 Å². The number of hydrogen-bond donors (Lipinski definition) is 2. The number of fused-ring (bicyclic) bond motifs is 3. The number of likely N-dealkylation sites (tertiary alicyclic amines) is 1. The molecule has 3 heterocycles. The Morgan fingerprint density at radius 2 is 2.03 bits per heavy atom. The minimum Gasteiger partial charge on any atom is -0.496 e. The summed E-state index contributed by atoms with van der Waals surface area (Å²) in [6, 6.07) is 12.3. The minimum atomic E-state index is -0.851. The molecule has 1 aliphatic heterocycles. The Balaban J connectivity index is 1.65. The number of methoxy groups -OCH3 is 1. The smallest absolute Gasteiger partial charge is 0.407 e. The zero-order chi connectivity index (χ0) is 22.4. The Morgan fingerprint density at radius 1 is 1.25 bits per heavy atom. The van der Waals surface area contributed by atoms with Gasteiger partial charge in [-0.25, -0.2) is 4.79 Å². The average Bonchev–Trinajstić information content (AvgIpc) is 3.30. The number of rotatable bonds is 3. The third-order valence-electron chi connectivity index (χ3n) is 6.45. The quantitative estimate of drug-likeness (QED) is 0.428. The summed E-state index contributed by atoms with van der Waals surface area (Å²) in [5, 5.41) is 13.2. The van der Waals surface area contributed by atoms with Crippen molar-refractivity contribution in [3.05, 3.63) is 63.3 Å². The Bertz CT molecular complexity index is 1390. The van der Waals surface area contributed by atoms with Crippen LogP contribution in [0.15, 0.2) is 46.6 Å². The van der Waals surface area contributed by atoms with Crippen LogP contribution in [0.5, 0.6) is 5.75 Å². The maximum absolute atomic E-state index is 12.6. The van der Waals surface area contributed by atoms with Gasteiger partial charge in [0.2, 0.25) is 0 Å². The summed E-state index contributed by atoms with van der Waals surface area (Å²) in [6.45, 7) is 3.11. The van der Waals surface area contributed by atoms with Crippen LogP contribution in [-0.2, 0) is 0 Å². The number of carboxylic acid groups (broad SMARTS) is 1. The van der Waals surface area contributed by atoms with Crippen LogP contribution in [0.2, 0.25) is 0 Å². The first-order valence-corrected chi connectivity index (χ1v) is 11.5. The van der Waals surface area contributed by atoms with Crippen molar-refractivity contribution in [2.24, 2.45) is 0 Å². The monoisotopic (exact) mass is 448 g/mol. The number of aryl methyl sites for hydroxylation is 1. The highest BCUT2D eigenvalue weighted by molar-refractivity contribution is 7.17. The zero-order valence-electron chi connectivity index (χ0n) is 18.0. The summed E-state index contributed by atoms with van der Waals surface area (Å²) in [4.78, 5) is 28.5. The second-order valence-electron chi connectivity index (χ2n) is 8.33. The van der Waals surface area contributed by atoms with Crippen LogP contribution in [0.1, 0.15) is 29.9 Å². The molecule has 164 valence electrons. The molecule has 7 heteroatoms. The number of piperidine rings is 1. The Labute approximate surface area is 189 Å². The van der Waals surface area contributed by atoms with Crippen molar-refractivity contribution in [1.82, 2.24) is 9.88 Å². The van der Waals surface area contributed by atoms with Gasteiger partial charge in [-0.2, -0.15) is 0 Å². The molecule has 4 aromatic rings. The highest BCUT2D eigenvalue weighted by Crippen LogP contribution is 2.42. The van der Waals surface area contributed by atoms with Gasteiger partial charge in [0.25, 0.3) is 5.56 Å². The van der Waals surface area contributed by atoms with Crippen LogP contribution in [0, 0.1) is 6.92 Å². The molecular weight excluding hydrogens is 424 g/mol. The molecule has 0 aliphatic carbocycles. The van der Waals surface area contributed by atoms with Gasteiger partial charge in [0.15, 0.2) is 0 Å². The van der Waals surface area contributed by atoms with E-state index in [2.05, 4.69) is 29.2 Å². The highest BCUT2D eigenvalue weighted by Gasteiger charge is 2.25. The molecular formula is C25H24N2O4S. The number of aromatic nitrogens is 1. The number of amides is 1. The molecule has 1 unspecified atom stereocenters. The fraction of sp³-hybridized carbons (Fsp3) is 0.280. The van der Waals surface area contributed by atoms with Crippen LogP contribution in [-0.4, -0.2) is 41.3 Å². The lowest BCUT2D eigenvalue weighted by Crippen LogP contribution is -2.38. The average molecular weight is 449 g/mol. The molecule has 5 rings (SSSR count). The summed E-state index contributed by atoms with van der Waals surface area (Å²) >= 11 is 1.44. The number of nitrogens with one attached hydrogen (secondary N) is 1. The first kappa shape index (κ1) is 20.6. The number of benzene rings is 2. The maximum Gasteiger partial charge on any atom is 0.407 e. The van der Waals surface area contributed by atoms with Crippen molar-refractivity contribution in [2.75, 3.05) is 20.2 Å². The highest BCUT2D eigenvalue weighted by atomic mass is 32.1. The lowest BCUT2D eigenvalue weighted by Gasteiger charge is -2.31. The second-order valence-corrected chi connectivity index (χ2v) is 9.24. The van der Waals surface area contributed by atoms with E-state index in [1.165, 1.54) is 16.2 Å². The van der Waals surface area contributed by atoms with Gasteiger partial charge in [-0.05, 0) is 54.0 Å². The van der Waals surface area contributed by atoms with Crippen molar-refractivity contribution < 1.29 is 14.6 Å². The number of H-pyrrole nitrogens is 1. The van der Waals surface area contributed by atoms with E-state index in [9.17, 15) is 14.7 Å². The number of aromatic amines is 1. The third kappa shape index (κ3) is 3.33. The van der Waals surface area contributed by atoms with E-state index >= 15 is 0 Å². The first-order valence-electron chi connectivity index (χ1n) is 10.7. The van der Waals surface area contributed by atoms with Gasteiger partial charge in [-0.15, -0.1) is 11.3 Å². The van der Waals surface area contributed by atoms with Gasteiger partial charge >= 0.3 is 6.09 Å². The van der Waals surface area contributed by atoms with Gasteiger partial charge in [-0.1, -0.05) is 24.3 Å². The van der Waals surface area contributed by atoms with E-state index in [1.807, 2.05) is 24.4 Å². The Morgan fingerprint density at radius 3 is 2.75 bits per heavy atom. The SMILES string of the molecule is COc1cc(C)c2[nH]c(=O)c3sccc3c2c1-c1ccc(C2CCCN(C(=O)O)C2)cc1. The van der Waals surface area contributed by atoms with E-state index in [0.29, 0.717) is 17.8 Å². The fourth-order valence-corrected chi connectivity index (χ4v) is 5.66. The van der Waals surface area contributed by atoms with E-state index in [-0.39, 0.29) is 11.5 Å². The number of thiophene rings is 1. The van der Waals surface area contributed by atoms with Crippen LogP contribution in [0.3, 0.4) is 0 Å². The summed E-state index contributed by atoms with van der Waals surface area (Å²) in [5.74, 6) is 0.961. The van der Waals surface area contributed by atoms with Crippen molar-refractivity contribution >= 4 is 38.4 Å². The Kier molecular flexibility index (Phi) is 5.13. The van der Waals surface area contributed by atoms with Gasteiger partial charge in [0, 0.05) is 35.3 Å². The molecule has 1 atom stereocenters. The zero-order valence-corrected chi connectivity index (χ0v) is 18.8. The molecule has 2 N–H and O–H groups in total. The molecule has 1 fully saturated rings. The van der Waals surface area contributed by atoms with Gasteiger partial charge in [-0.3, -0.25) is 4.79 Å². The molecule has 1 saturated heterocycles. The van der Waals surface area contributed by atoms with Crippen LogP contribution in [0.25, 0.3) is 32.1 Å². The lowest BCUT2D eigenvalue weighted by molar-refractivity contribution is 0.130. The summed E-state index contributed by atoms with van der Waals surface area (Å²) < 4.78 is 6.48. The topological polar surface area (TPSA) is 82.6 Å². The first-order chi connectivity index (χ1) is 15.5. The molecule has 0 spiro atoms. The number of pyridine rings is 1. The van der Waals surface area contributed by atoms with Crippen molar-refractivity contribution in [3.63, 3.8) is 0 Å². The normalized spacial score (nSPS) is 16.6. The van der Waals surface area contributed by atoms with E-state index in [1.54, 1.807) is 7.11 Å². The van der Waals surface area contributed by atoms with Crippen molar-refractivity contribution in [1.29, 1.82) is 0 Å². The Hall–Kier alpha value is -3.32. The summed E-state index contributed by atoms with van der Waals surface area (Å²) in [7, 11) is 1.66. The summed E-state index contributed by atoms with van der Waals surface area (Å²) in [5.41, 5.74) is 4.81. The lowest BCUT2D eigenvalue weighted by atomic mass is 9.88. The molecule has 2 aromatic heterocycles. The predicted molar refractivity (Wildman–Crippen MR) is 128 cm³/mol. The maximum atomic E-state index is 12.6. The number of hydrogen-bond acceptors (Lipinski definition) is 4. The number of ether oxygens (including phenoxy) is 1. The number of nitrogens with zero attached hydrogens (tertiary/aromatic N) is 1. The van der Waals surface area contributed by atoms with Gasteiger partial charge in [0.1, 0.15) is 10.4 Å². The molecule has 6 nitrogen and oxygen atoms in total. The van der Waals surface area contributed by atoms with E-state index < -0.39 is 6.09 Å². The van der Waals surface area contributed by atoms with Gasteiger partial charge < -0.3 is 19.7 Å². The second kappa shape index (κ2) is 7.98. The molecule has 1 aliphatic rings.